The van der Waals surface area contributed by atoms with Crippen molar-refractivity contribution in [3.63, 3.8) is 0 Å². The van der Waals surface area contributed by atoms with Gasteiger partial charge < -0.3 is 10.4 Å². The van der Waals surface area contributed by atoms with Crippen molar-refractivity contribution in [3.8, 4) is 6.07 Å². The van der Waals surface area contributed by atoms with Crippen LogP contribution < -0.4 is 5.32 Å². The molecule has 2 rings (SSSR count). The van der Waals surface area contributed by atoms with E-state index in [1.165, 1.54) is 0 Å². The van der Waals surface area contributed by atoms with Gasteiger partial charge in [-0.25, -0.2) is 0 Å². The predicted molar refractivity (Wildman–Crippen MR) is 80.9 cm³/mol. The Bertz CT molecular complexity index is 614. The normalized spacial score (nSPS) is 12.0. The van der Waals surface area contributed by atoms with Crippen LogP contribution >= 0.6 is 0 Å². The largest absolute Gasteiger partial charge is 0.392 e. The fourth-order valence-corrected chi connectivity index (χ4v) is 1.86. The van der Waals surface area contributed by atoms with E-state index >= 15 is 0 Å². The standard InChI is InChI=1S/C17H16N2O/c18-12-16(11-10-14-6-2-1-3-7-14)19-17-9-5-4-8-15(17)13-20/h1-11,16,19-20H,13H2. The van der Waals surface area contributed by atoms with Crippen LogP contribution in [-0.4, -0.2) is 11.1 Å². The van der Waals surface area contributed by atoms with E-state index in [9.17, 15) is 10.4 Å². The number of anilines is 1. The van der Waals surface area contributed by atoms with Gasteiger partial charge >= 0.3 is 0 Å². The molecule has 3 nitrogen and oxygen atoms in total. The van der Waals surface area contributed by atoms with Crippen LogP contribution in [-0.2, 0) is 6.61 Å². The van der Waals surface area contributed by atoms with E-state index in [1.807, 2.05) is 66.7 Å². The number of aliphatic hydroxyl groups excluding tert-OH is 1. The van der Waals surface area contributed by atoms with Crippen molar-refractivity contribution < 1.29 is 5.11 Å². The van der Waals surface area contributed by atoms with E-state index < -0.39 is 6.04 Å². The first-order chi connectivity index (χ1) is 9.83. The van der Waals surface area contributed by atoms with Crippen molar-refractivity contribution >= 4 is 11.8 Å². The number of nitriles is 1. The highest BCUT2D eigenvalue weighted by Crippen LogP contribution is 2.16. The summed E-state index contributed by atoms with van der Waals surface area (Å²) in [5.74, 6) is 0. The molecule has 2 aromatic carbocycles. The number of rotatable bonds is 5. The van der Waals surface area contributed by atoms with E-state index in [1.54, 1.807) is 0 Å². The molecule has 0 spiro atoms. The van der Waals surface area contributed by atoms with Gasteiger partial charge in [0.1, 0.15) is 6.04 Å². The minimum atomic E-state index is -0.442. The number of nitrogens with zero attached hydrogens (tertiary/aromatic N) is 1. The third-order valence-electron chi connectivity index (χ3n) is 2.92. The van der Waals surface area contributed by atoms with Gasteiger partial charge in [-0.1, -0.05) is 54.6 Å². The van der Waals surface area contributed by atoms with Gasteiger partial charge in [0.05, 0.1) is 12.7 Å². The predicted octanol–water partition coefficient (Wildman–Crippen LogP) is 3.20. The number of para-hydroxylation sites is 1. The minimum absolute atomic E-state index is 0.0519. The second-order valence-corrected chi connectivity index (χ2v) is 4.34. The van der Waals surface area contributed by atoms with Crippen LogP contribution in [0.25, 0.3) is 6.08 Å². The molecule has 0 aliphatic heterocycles. The average Bonchev–Trinajstić information content (AvgIpc) is 2.52. The Balaban J connectivity index is 2.10. The molecule has 0 fully saturated rings. The monoisotopic (exact) mass is 264 g/mol. The summed E-state index contributed by atoms with van der Waals surface area (Å²) in [6.45, 7) is -0.0519. The first-order valence-corrected chi connectivity index (χ1v) is 6.41. The van der Waals surface area contributed by atoms with Crippen LogP contribution in [0.5, 0.6) is 0 Å². The smallest absolute Gasteiger partial charge is 0.133 e. The average molecular weight is 264 g/mol. The summed E-state index contributed by atoms with van der Waals surface area (Å²) in [5.41, 5.74) is 2.60. The molecule has 0 heterocycles. The topological polar surface area (TPSA) is 56.0 Å². The Morgan fingerprint density at radius 2 is 1.80 bits per heavy atom. The molecule has 3 heteroatoms. The lowest BCUT2D eigenvalue weighted by Gasteiger charge is -2.12. The summed E-state index contributed by atoms with van der Waals surface area (Å²) in [6.07, 6.45) is 3.71. The molecule has 0 aliphatic rings. The van der Waals surface area contributed by atoms with Crippen molar-refractivity contribution in [1.29, 1.82) is 5.26 Å². The van der Waals surface area contributed by atoms with Crippen LogP contribution in [0.2, 0.25) is 0 Å². The van der Waals surface area contributed by atoms with Gasteiger partial charge in [0.15, 0.2) is 0 Å². The molecule has 0 aliphatic carbocycles. The Kier molecular flexibility index (Phi) is 4.94. The van der Waals surface area contributed by atoms with E-state index in [0.29, 0.717) is 0 Å². The van der Waals surface area contributed by atoms with Crippen molar-refractivity contribution in [1.82, 2.24) is 0 Å². The van der Waals surface area contributed by atoms with Gasteiger partial charge in [-0.2, -0.15) is 5.26 Å². The molecule has 0 amide bonds. The SMILES string of the molecule is N#CC(C=Cc1ccccc1)Nc1ccccc1CO. The molecule has 0 saturated carbocycles. The van der Waals surface area contributed by atoms with Gasteiger partial charge in [0.25, 0.3) is 0 Å². The summed E-state index contributed by atoms with van der Waals surface area (Å²) in [6, 6.07) is 19.0. The summed E-state index contributed by atoms with van der Waals surface area (Å²) < 4.78 is 0. The highest BCUT2D eigenvalue weighted by atomic mass is 16.3. The number of benzene rings is 2. The Morgan fingerprint density at radius 3 is 2.50 bits per heavy atom. The van der Waals surface area contributed by atoms with E-state index in [-0.39, 0.29) is 6.61 Å². The van der Waals surface area contributed by atoms with Crippen molar-refractivity contribution in [2.75, 3.05) is 5.32 Å². The number of hydrogen-bond donors (Lipinski definition) is 2. The molecule has 100 valence electrons. The Labute approximate surface area is 118 Å². The van der Waals surface area contributed by atoms with Crippen molar-refractivity contribution in [2.24, 2.45) is 0 Å². The summed E-state index contributed by atoms with van der Waals surface area (Å²) in [7, 11) is 0. The first kappa shape index (κ1) is 13.9. The summed E-state index contributed by atoms with van der Waals surface area (Å²) in [4.78, 5) is 0. The van der Waals surface area contributed by atoms with E-state index in [4.69, 9.17) is 0 Å². The zero-order valence-electron chi connectivity index (χ0n) is 11.0. The van der Waals surface area contributed by atoms with Crippen molar-refractivity contribution in [3.05, 3.63) is 71.8 Å². The Morgan fingerprint density at radius 1 is 1.10 bits per heavy atom. The van der Waals surface area contributed by atoms with Crippen LogP contribution in [0.4, 0.5) is 5.69 Å². The first-order valence-electron chi connectivity index (χ1n) is 6.41. The third kappa shape index (κ3) is 3.71. The maximum absolute atomic E-state index is 9.27. The fraction of sp³-hybridized carbons (Fsp3) is 0.118. The van der Waals surface area contributed by atoms with Crippen LogP contribution in [0, 0.1) is 11.3 Å². The fourth-order valence-electron chi connectivity index (χ4n) is 1.86. The molecule has 1 atom stereocenters. The zero-order valence-corrected chi connectivity index (χ0v) is 11.0. The van der Waals surface area contributed by atoms with Gasteiger partial charge in [-0.3, -0.25) is 0 Å². The number of hydrogen-bond acceptors (Lipinski definition) is 3. The van der Waals surface area contributed by atoms with Crippen LogP contribution in [0.1, 0.15) is 11.1 Å². The lowest BCUT2D eigenvalue weighted by Crippen LogP contribution is -2.15. The van der Waals surface area contributed by atoms with Gasteiger partial charge in [0.2, 0.25) is 0 Å². The van der Waals surface area contributed by atoms with E-state index in [2.05, 4.69) is 11.4 Å². The highest BCUT2D eigenvalue weighted by molar-refractivity contribution is 5.56. The second-order valence-electron chi connectivity index (χ2n) is 4.34. The molecule has 0 radical (unpaired) electrons. The molecule has 0 saturated heterocycles. The summed E-state index contributed by atoms with van der Waals surface area (Å²) >= 11 is 0. The molecule has 0 aromatic heterocycles. The number of nitrogens with one attached hydrogen (secondary N) is 1. The molecule has 1 unspecified atom stereocenters. The third-order valence-corrected chi connectivity index (χ3v) is 2.92. The van der Waals surface area contributed by atoms with Gasteiger partial charge in [0, 0.05) is 11.3 Å². The lowest BCUT2D eigenvalue weighted by molar-refractivity contribution is 0.282. The quantitative estimate of drug-likeness (QED) is 0.872. The Hall–Kier alpha value is -2.57. The number of aliphatic hydroxyl groups is 1. The second kappa shape index (κ2) is 7.13. The van der Waals surface area contributed by atoms with Crippen molar-refractivity contribution in [2.45, 2.75) is 12.6 Å². The molecular weight excluding hydrogens is 248 g/mol. The van der Waals surface area contributed by atoms with Crippen LogP contribution in [0.3, 0.4) is 0 Å². The lowest BCUT2D eigenvalue weighted by atomic mass is 10.1. The zero-order chi connectivity index (χ0) is 14.2. The maximum atomic E-state index is 9.27. The molecule has 2 aromatic rings. The molecule has 2 N–H and O–H groups in total. The molecular formula is C17H16N2O. The van der Waals surface area contributed by atoms with Crippen LogP contribution in [0.15, 0.2) is 60.7 Å². The minimum Gasteiger partial charge on any atom is -0.392 e. The molecule has 0 bridgehead atoms. The summed E-state index contributed by atoms with van der Waals surface area (Å²) in [5, 5.41) is 21.6. The van der Waals surface area contributed by atoms with Gasteiger partial charge in [-0.05, 0) is 17.7 Å². The highest BCUT2D eigenvalue weighted by Gasteiger charge is 2.05. The molecule has 20 heavy (non-hydrogen) atoms. The van der Waals surface area contributed by atoms with E-state index in [0.717, 1.165) is 16.8 Å². The van der Waals surface area contributed by atoms with Gasteiger partial charge in [-0.15, -0.1) is 0 Å². The maximum Gasteiger partial charge on any atom is 0.133 e.